The zero-order valence-corrected chi connectivity index (χ0v) is 15.7. The fourth-order valence-corrected chi connectivity index (χ4v) is 5.87. The predicted octanol–water partition coefficient (Wildman–Crippen LogP) is 3.83. The van der Waals surface area contributed by atoms with Crippen molar-refractivity contribution in [2.24, 2.45) is 23.2 Å². The number of hydrogen-bond acceptors (Lipinski definition) is 2. The number of nitrogens with one attached hydrogen (secondary N) is 2. The van der Waals surface area contributed by atoms with Gasteiger partial charge in [0, 0.05) is 10.5 Å². The lowest BCUT2D eigenvalue weighted by molar-refractivity contribution is -0.148. The quantitative estimate of drug-likeness (QED) is 0.596. The molecular weight excluding hydrogens is 380 g/mol. The van der Waals surface area contributed by atoms with Gasteiger partial charge in [0.1, 0.15) is 0 Å². The van der Waals surface area contributed by atoms with E-state index in [1.165, 1.54) is 25.3 Å². The predicted molar refractivity (Wildman–Crippen MR) is 100 cm³/mol. The molecule has 25 heavy (non-hydrogen) atoms. The van der Waals surface area contributed by atoms with Gasteiger partial charge >= 0.3 is 0 Å². The molecule has 0 heterocycles. The Morgan fingerprint density at radius 1 is 1.00 bits per heavy atom. The Balaban J connectivity index is 1.34. The minimum atomic E-state index is -0.311. The summed E-state index contributed by atoms with van der Waals surface area (Å²) in [5.41, 5.74) is 5.92. The molecule has 4 nitrogen and oxygen atoms in total. The molecule has 0 atom stereocenters. The molecular formula is C20H23BrN2O2. The van der Waals surface area contributed by atoms with Crippen molar-refractivity contribution in [2.45, 2.75) is 38.5 Å². The molecule has 4 aliphatic rings. The molecule has 4 fully saturated rings. The molecule has 132 valence electrons. The van der Waals surface area contributed by atoms with Crippen LogP contribution in [-0.4, -0.2) is 11.8 Å². The first kappa shape index (κ1) is 16.8. The lowest BCUT2D eigenvalue weighted by Crippen LogP contribution is -2.56. The smallest absolute Gasteiger partial charge is 0.262 e. The van der Waals surface area contributed by atoms with Gasteiger partial charge in [-0.1, -0.05) is 34.1 Å². The van der Waals surface area contributed by atoms with Crippen molar-refractivity contribution < 1.29 is 9.59 Å². The maximum absolute atomic E-state index is 12.8. The Labute approximate surface area is 156 Å². The lowest BCUT2D eigenvalue weighted by atomic mass is 9.49. The second kappa shape index (κ2) is 6.60. The fourth-order valence-electron chi connectivity index (χ4n) is 5.46. The van der Waals surface area contributed by atoms with E-state index in [9.17, 15) is 9.59 Å². The summed E-state index contributed by atoms with van der Waals surface area (Å²) in [6, 6.07) is 7.68. The van der Waals surface area contributed by atoms with Gasteiger partial charge in [-0.15, -0.1) is 0 Å². The molecule has 1 aromatic rings. The van der Waals surface area contributed by atoms with Crippen LogP contribution in [0.5, 0.6) is 0 Å². The summed E-state index contributed by atoms with van der Waals surface area (Å²) >= 11 is 3.45. The molecule has 0 unspecified atom stereocenters. The Morgan fingerprint density at radius 3 is 2.20 bits per heavy atom. The minimum absolute atomic E-state index is 0.00856. The van der Waals surface area contributed by atoms with Crippen LogP contribution in [0.3, 0.4) is 0 Å². The van der Waals surface area contributed by atoms with E-state index in [1.54, 1.807) is 6.08 Å². The van der Waals surface area contributed by atoms with Crippen molar-refractivity contribution in [1.82, 2.24) is 10.9 Å². The van der Waals surface area contributed by atoms with E-state index >= 15 is 0 Å². The topological polar surface area (TPSA) is 58.2 Å². The highest BCUT2D eigenvalue weighted by atomic mass is 79.9. The molecule has 0 radical (unpaired) electrons. The van der Waals surface area contributed by atoms with Crippen molar-refractivity contribution in [2.75, 3.05) is 0 Å². The summed E-state index contributed by atoms with van der Waals surface area (Å²) in [4.78, 5) is 24.8. The van der Waals surface area contributed by atoms with E-state index < -0.39 is 0 Å². The Bertz CT molecular complexity index is 693. The van der Waals surface area contributed by atoms with Crippen molar-refractivity contribution in [1.29, 1.82) is 0 Å². The summed E-state index contributed by atoms with van der Waals surface area (Å²) in [5.74, 6) is 1.83. The highest BCUT2D eigenvalue weighted by Gasteiger charge is 2.54. The zero-order valence-electron chi connectivity index (χ0n) is 14.1. The molecule has 5 heteroatoms. The molecule has 5 rings (SSSR count). The highest BCUT2D eigenvalue weighted by molar-refractivity contribution is 9.10. The summed E-state index contributed by atoms with van der Waals surface area (Å²) < 4.78 is 0.927. The van der Waals surface area contributed by atoms with Crippen LogP contribution in [0.25, 0.3) is 6.08 Å². The molecule has 0 spiro atoms. The van der Waals surface area contributed by atoms with Crippen LogP contribution in [0, 0.1) is 23.2 Å². The molecule has 4 saturated carbocycles. The van der Waals surface area contributed by atoms with Crippen molar-refractivity contribution in [3.8, 4) is 0 Å². The van der Waals surface area contributed by atoms with E-state index in [1.807, 2.05) is 24.3 Å². The van der Waals surface area contributed by atoms with Crippen LogP contribution in [-0.2, 0) is 9.59 Å². The SMILES string of the molecule is O=C(C=Cc1ccccc1Br)NNC(=O)C12CC3CC(CC(C3)C1)C2. The third-order valence-corrected chi connectivity index (χ3v) is 6.86. The first-order chi connectivity index (χ1) is 12.0. The standard InChI is InChI=1S/C20H23BrN2O2/c21-17-4-2-1-3-16(17)5-6-18(24)22-23-19(25)20-10-13-7-14(11-20)9-15(8-13)12-20/h1-6,13-15H,7-12H2,(H,22,24)(H,23,25). The van der Waals surface area contributed by atoms with Crippen molar-refractivity contribution in [3.63, 3.8) is 0 Å². The van der Waals surface area contributed by atoms with Crippen LogP contribution >= 0.6 is 15.9 Å². The summed E-state index contributed by atoms with van der Waals surface area (Å²) in [7, 11) is 0. The monoisotopic (exact) mass is 402 g/mol. The van der Waals surface area contributed by atoms with E-state index in [0.29, 0.717) is 17.8 Å². The fraction of sp³-hybridized carbons (Fsp3) is 0.500. The third-order valence-electron chi connectivity index (χ3n) is 6.14. The Hall–Kier alpha value is -1.62. The van der Waals surface area contributed by atoms with E-state index in [4.69, 9.17) is 0 Å². The van der Waals surface area contributed by atoms with Gasteiger partial charge in [0.2, 0.25) is 5.91 Å². The van der Waals surface area contributed by atoms with Crippen LogP contribution in [0.4, 0.5) is 0 Å². The van der Waals surface area contributed by atoms with Gasteiger partial charge in [0.05, 0.1) is 5.41 Å². The maximum atomic E-state index is 12.8. The van der Waals surface area contributed by atoms with Crippen LogP contribution in [0.1, 0.15) is 44.1 Å². The molecule has 4 bridgehead atoms. The zero-order chi connectivity index (χ0) is 17.4. The number of amides is 2. The number of rotatable bonds is 3. The molecule has 0 aliphatic heterocycles. The largest absolute Gasteiger partial charge is 0.273 e. The summed E-state index contributed by atoms with van der Waals surface area (Å²) in [6.07, 6.45) is 10.1. The van der Waals surface area contributed by atoms with Gasteiger partial charge in [0.25, 0.3) is 5.91 Å². The molecule has 2 N–H and O–H groups in total. The molecule has 2 amide bonds. The average molecular weight is 403 g/mol. The first-order valence-corrected chi connectivity index (χ1v) is 9.86. The van der Waals surface area contributed by atoms with E-state index in [2.05, 4.69) is 26.8 Å². The summed E-state index contributed by atoms with van der Waals surface area (Å²) in [5, 5.41) is 0. The number of halogens is 1. The average Bonchev–Trinajstić information content (AvgIpc) is 2.57. The molecule has 0 saturated heterocycles. The number of carbonyl (C=O) groups excluding carboxylic acids is 2. The molecule has 4 aliphatic carbocycles. The van der Waals surface area contributed by atoms with Crippen molar-refractivity contribution in [3.05, 3.63) is 40.4 Å². The second-order valence-corrected chi connectivity index (χ2v) is 8.85. The lowest BCUT2D eigenvalue weighted by Gasteiger charge is -2.55. The number of hydrazine groups is 1. The van der Waals surface area contributed by atoms with E-state index in [0.717, 1.165) is 29.3 Å². The van der Waals surface area contributed by atoms with Gasteiger partial charge < -0.3 is 0 Å². The maximum Gasteiger partial charge on any atom is 0.262 e. The van der Waals surface area contributed by atoms with Crippen molar-refractivity contribution >= 4 is 33.8 Å². The molecule has 1 aromatic carbocycles. The van der Waals surface area contributed by atoms with Gasteiger partial charge in [0.15, 0.2) is 0 Å². The Kier molecular flexibility index (Phi) is 4.44. The first-order valence-electron chi connectivity index (χ1n) is 9.07. The van der Waals surface area contributed by atoms with Crippen LogP contribution in [0.2, 0.25) is 0 Å². The van der Waals surface area contributed by atoms with Gasteiger partial charge in [-0.2, -0.15) is 0 Å². The van der Waals surface area contributed by atoms with Gasteiger partial charge in [-0.3, -0.25) is 20.4 Å². The normalized spacial score (nSPS) is 32.8. The molecule has 0 aromatic heterocycles. The third kappa shape index (κ3) is 3.39. The van der Waals surface area contributed by atoms with Gasteiger partial charge in [-0.05, 0) is 74.0 Å². The van der Waals surface area contributed by atoms with E-state index in [-0.39, 0.29) is 17.2 Å². The summed E-state index contributed by atoms with van der Waals surface area (Å²) in [6.45, 7) is 0. The number of carbonyl (C=O) groups is 2. The van der Waals surface area contributed by atoms with Gasteiger partial charge in [-0.25, -0.2) is 0 Å². The number of benzene rings is 1. The Morgan fingerprint density at radius 2 is 1.60 bits per heavy atom. The number of hydrogen-bond donors (Lipinski definition) is 2. The van der Waals surface area contributed by atoms with Crippen LogP contribution < -0.4 is 10.9 Å². The highest BCUT2D eigenvalue weighted by Crippen LogP contribution is 2.59. The second-order valence-electron chi connectivity index (χ2n) is 8.00. The van der Waals surface area contributed by atoms with Crippen LogP contribution in [0.15, 0.2) is 34.8 Å². The minimum Gasteiger partial charge on any atom is -0.273 e.